The zero-order valence-electron chi connectivity index (χ0n) is 10.3. The Morgan fingerprint density at radius 3 is 2.53 bits per heavy atom. The van der Waals surface area contributed by atoms with Crippen molar-refractivity contribution in [2.24, 2.45) is 5.41 Å². The predicted molar refractivity (Wildman–Crippen MR) is 66.3 cm³/mol. The zero-order valence-corrected chi connectivity index (χ0v) is 10.3. The predicted octanol–water partition coefficient (Wildman–Crippen LogP) is 3.32. The van der Waals surface area contributed by atoms with Crippen LogP contribution in [0.4, 0.5) is 10.1 Å². The summed E-state index contributed by atoms with van der Waals surface area (Å²) in [4.78, 5) is 2.22. The Morgan fingerprint density at radius 1 is 1.35 bits per heavy atom. The van der Waals surface area contributed by atoms with Crippen LogP contribution in [0, 0.1) is 22.6 Å². The van der Waals surface area contributed by atoms with E-state index < -0.39 is 5.82 Å². The van der Waals surface area contributed by atoms with Crippen molar-refractivity contribution in [2.75, 3.05) is 18.0 Å². The van der Waals surface area contributed by atoms with E-state index in [1.165, 1.54) is 18.9 Å². The molecule has 0 bridgehead atoms. The SMILES string of the molecule is CCC1(CC)CN(c2ccc(F)c(C#N)c2)C1. The normalized spacial score (nSPS) is 17.4. The Hall–Kier alpha value is -1.56. The molecule has 0 atom stereocenters. The molecule has 0 spiro atoms. The monoisotopic (exact) mass is 232 g/mol. The summed E-state index contributed by atoms with van der Waals surface area (Å²) < 4.78 is 13.2. The van der Waals surface area contributed by atoms with Crippen molar-refractivity contribution in [3.05, 3.63) is 29.6 Å². The van der Waals surface area contributed by atoms with Crippen molar-refractivity contribution < 1.29 is 4.39 Å². The molecule has 1 aromatic carbocycles. The lowest BCUT2D eigenvalue weighted by Gasteiger charge is -2.51. The number of benzene rings is 1. The van der Waals surface area contributed by atoms with Crippen LogP contribution in [0.25, 0.3) is 0 Å². The summed E-state index contributed by atoms with van der Waals surface area (Å²) in [6, 6.07) is 6.67. The van der Waals surface area contributed by atoms with E-state index in [0.29, 0.717) is 5.41 Å². The van der Waals surface area contributed by atoms with Gasteiger partial charge >= 0.3 is 0 Å². The topological polar surface area (TPSA) is 27.0 Å². The summed E-state index contributed by atoms with van der Waals surface area (Å²) in [6.45, 7) is 6.45. The van der Waals surface area contributed by atoms with Crippen LogP contribution in [0.1, 0.15) is 32.3 Å². The van der Waals surface area contributed by atoms with Gasteiger partial charge in [0.05, 0.1) is 5.56 Å². The third-order valence-corrected chi connectivity index (χ3v) is 3.99. The first kappa shape index (κ1) is 11.9. The van der Waals surface area contributed by atoms with Crippen LogP contribution in [0.3, 0.4) is 0 Å². The fourth-order valence-electron chi connectivity index (χ4n) is 2.44. The number of hydrogen-bond acceptors (Lipinski definition) is 2. The van der Waals surface area contributed by atoms with Crippen molar-refractivity contribution in [3.63, 3.8) is 0 Å². The molecule has 2 nitrogen and oxygen atoms in total. The Bertz CT molecular complexity index is 450. The highest BCUT2D eigenvalue weighted by Gasteiger charge is 2.39. The van der Waals surface area contributed by atoms with Crippen molar-refractivity contribution in [3.8, 4) is 6.07 Å². The molecular formula is C14H17FN2. The molecule has 0 N–H and O–H groups in total. The number of nitriles is 1. The van der Waals surface area contributed by atoms with Gasteiger partial charge in [0.1, 0.15) is 11.9 Å². The Labute approximate surface area is 102 Å². The molecule has 17 heavy (non-hydrogen) atoms. The standard InChI is InChI=1S/C14H17FN2/c1-3-14(4-2)9-17(10-14)12-5-6-13(15)11(7-12)8-16/h5-7H,3-4,9-10H2,1-2H3. The van der Waals surface area contributed by atoms with Gasteiger partial charge in [0.2, 0.25) is 0 Å². The molecule has 0 aliphatic carbocycles. The molecule has 3 heteroatoms. The summed E-state index contributed by atoms with van der Waals surface area (Å²) in [6.07, 6.45) is 2.35. The lowest BCUT2D eigenvalue weighted by molar-refractivity contribution is 0.194. The first-order valence-electron chi connectivity index (χ1n) is 6.09. The molecule has 1 aliphatic heterocycles. The maximum Gasteiger partial charge on any atom is 0.141 e. The summed E-state index contributed by atoms with van der Waals surface area (Å²) in [7, 11) is 0. The van der Waals surface area contributed by atoms with Gasteiger partial charge in [-0.25, -0.2) is 4.39 Å². The molecule has 1 heterocycles. The minimum atomic E-state index is -0.436. The fourth-order valence-corrected chi connectivity index (χ4v) is 2.44. The number of nitrogens with zero attached hydrogens (tertiary/aromatic N) is 2. The van der Waals surface area contributed by atoms with E-state index in [9.17, 15) is 4.39 Å². The van der Waals surface area contributed by atoms with Crippen molar-refractivity contribution in [1.29, 1.82) is 5.26 Å². The summed E-state index contributed by atoms with van der Waals surface area (Å²) in [5, 5.41) is 8.80. The number of halogens is 1. The molecule has 0 amide bonds. The van der Waals surface area contributed by atoms with Gasteiger partial charge in [0.15, 0.2) is 0 Å². The summed E-state index contributed by atoms with van der Waals surface area (Å²) in [5.41, 5.74) is 1.51. The second kappa shape index (κ2) is 4.37. The van der Waals surface area contributed by atoms with Gasteiger partial charge in [0.25, 0.3) is 0 Å². The summed E-state index contributed by atoms with van der Waals surface area (Å²) in [5.74, 6) is -0.436. The third kappa shape index (κ3) is 2.00. The Morgan fingerprint density at radius 2 is 2.00 bits per heavy atom. The van der Waals surface area contributed by atoms with E-state index in [-0.39, 0.29) is 5.56 Å². The van der Waals surface area contributed by atoms with Gasteiger partial charge in [-0.3, -0.25) is 0 Å². The molecule has 0 saturated carbocycles. The highest BCUT2D eigenvalue weighted by atomic mass is 19.1. The average molecular weight is 232 g/mol. The molecule has 0 unspecified atom stereocenters. The second-order valence-corrected chi connectivity index (χ2v) is 4.84. The molecule has 1 saturated heterocycles. The largest absolute Gasteiger partial charge is 0.370 e. The highest BCUT2D eigenvalue weighted by Crippen LogP contribution is 2.39. The molecular weight excluding hydrogens is 215 g/mol. The quantitative estimate of drug-likeness (QED) is 0.799. The van der Waals surface area contributed by atoms with Crippen LogP contribution in [-0.4, -0.2) is 13.1 Å². The van der Waals surface area contributed by atoms with Gasteiger partial charge < -0.3 is 4.90 Å². The van der Waals surface area contributed by atoms with Gasteiger partial charge in [-0.1, -0.05) is 13.8 Å². The van der Waals surface area contributed by atoms with Crippen LogP contribution < -0.4 is 4.90 Å². The van der Waals surface area contributed by atoms with Crippen LogP contribution in [-0.2, 0) is 0 Å². The minimum absolute atomic E-state index is 0.132. The van der Waals surface area contributed by atoms with E-state index in [1.807, 2.05) is 6.07 Å². The van der Waals surface area contributed by atoms with E-state index in [2.05, 4.69) is 18.7 Å². The maximum atomic E-state index is 13.2. The molecule has 1 aromatic rings. The first-order valence-corrected chi connectivity index (χ1v) is 6.09. The lowest BCUT2D eigenvalue weighted by Crippen LogP contribution is -2.55. The highest BCUT2D eigenvalue weighted by molar-refractivity contribution is 5.54. The maximum absolute atomic E-state index is 13.2. The van der Waals surface area contributed by atoms with E-state index >= 15 is 0 Å². The molecule has 0 radical (unpaired) electrons. The fraction of sp³-hybridized carbons (Fsp3) is 0.500. The van der Waals surface area contributed by atoms with E-state index in [4.69, 9.17) is 5.26 Å². The van der Waals surface area contributed by atoms with Crippen LogP contribution in [0.2, 0.25) is 0 Å². The zero-order chi connectivity index (χ0) is 12.5. The van der Waals surface area contributed by atoms with Gasteiger partial charge in [-0.15, -0.1) is 0 Å². The van der Waals surface area contributed by atoms with Crippen molar-refractivity contribution in [1.82, 2.24) is 0 Å². The number of rotatable bonds is 3. The van der Waals surface area contributed by atoms with Crippen LogP contribution in [0.5, 0.6) is 0 Å². The van der Waals surface area contributed by atoms with Gasteiger partial charge in [-0.05, 0) is 31.0 Å². The minimum Gasteiger partial charge on any atom is -0.370 e. The van der Waals surface area contributed by atoms with Crippen LogP contribution >= 0.6 is 0 Å². The molecule has 1 fully saturated rings. The smallest absolute Gasteiger partial charge is 0.141 e. The first-order chi connectivity index (χ1) is 8.14. The number of anilines is 1. The molecule has 90 valence electrons. The van der Waals surface area contributed by atoms with Crippen LogP contribution in [0.15, 0.2) is 18.2 Å². The van der Waals surface area contributed by atoms with E-state index in [1.54, 1.807) is 12.1 Å². The lowest BCUT2D eigenvalue weighted by atomic mass is 9.75. The Kier molecular flexibility index (Phi) is 3.06. The summed E-state index contributed by atoms with van der Waals surface area (Å²) >= 11 is 0. The average Bonchev–Trinajstić information content (AvgIpc) is 2.31. The second-order valence-electron chi connectivity index (χ2n) is 4.84. The number of hydrogen-bond donors (Lipinski definition) is 0. The van der Waals surface area contributed by atoms with Crippen molar-refractivity contribution >= 4 is 5.69 Å². The third-order valence-electron chi connectivity index (χ3n) is 3.99. The molecule has 2 rings (SSSR count). The van der Waals surface area contributed by atoms with E-state index in [0.717, 1.165) is 18.8 Å². The van der Waals surface area contributed by atoms with Crippen molar-refractivity contribution in [2.45, 2.75) is 26.7 Å². The Balaban J connectivity index is 2.14. The molecule has 1 aliphatic rings. The van der Waals surface area contributed by atoms with Gasteiger partial charge in [0, 0.05) is 24.2 Å². The van der Waals surface area contributed by atoms with Gasteiger partial charge in [-0.2, -0.15) is 5.26 Å². The molecule has 0 aromatic heterocycles.